The standard InChI is InChI=1S/C12H12Cl2F3N3S/c1-7(2)19-20(6-12(15,16)17)11(21)18-10-8(13)4-3-5-9(10)14/h3-5H,6H2,1-2H3,(H,18,21). The molecule has 0 spiro atoms. The van der Waals surface area contributed by atoms with E-state index in [9.17, 15) is 13.2 Å². The minimum absolute atomic E-state index is 0.238. The zero-order chi connectivity index (χ0) is 16.2. The van der Waals surface area contributed by atoms with Gasteiger partial charge in [-0.3, -0.25) is 0 Å². The molecule has 1 aromatic rings. The van der Waals surface area contributed by atoms with Gasteiger partial charge in [-0.05, 0) is 38.2 Å². The summed E-state index contributed by atoms with van der Waals surface area (Å²) < 4.78 is 37.7. The van der Waals surface area contributed by atoms with Crippen molar-refractivity contribution in [2.24, 2.45) is 5.10 Å². The number of hydrazone groups is 1. The number of hydrogen-bond acceptors (Lipinski definition) is 2. The molecule has 0 aliphatic carbocycles. The molecule has 0 bridgehead atoms. The van der Waals surface area contributed by atoms with Crippen molar-refractivity contribution < 1.29 is 13.2 Å². The first kappa shape index (κ1) is 18.0. The minimum Gasteiger partial charge on any atom is -0.329 e. The molecular formula is C12H12Cl2F3N3S. The zero-order valence-corrected chi connectivity index (χ0v) is 13.5. The predicted octanol–water partition coefficient (Wildman–Crippen LogP) is 4.95. The Morgan fingerprint density at radius 1 is 1.29 bits per heavy atom. The van der Waals surface area contributed by atoms with Crippen LogP contribution >= 0.6 is 35.4 Å². The van der Waals surface area contributed by atoms with E-state index in [1.54, 1.807) is 32.0 Å². The summed E-state index contributed by atoms with van der Waals surface area (Å²) in [5.74, 6) is 0. The van der Waals surface area contributed by atoms with Crippen molar-refractivity contribution in [1.29, 1.82) is 0 Å². The maximum Gasteiger partial charge on any atom is 0.408 e. The predicted molar refractivity (Wildman–Crippen MR) is 84.2 cm³/mol. The molecule has 1 N–H and O–H groups in total. The summed E-state index contributed by atoms with van der Waals surface area (Å²) in [5.41, 5.74) is 0.663. The van der Waals surface area contributed by atoms with Crippen molar-refractivity contribution in [2.45, 2.75) is 20.0 Å². The molecule has 0 aliphatic rings. The van der Waals surface area contributed by atoms with Crippen LogP contribution in [-0.4, -0.2) is 28.6 Å². The topological polar surface area (TPSA) is 27.6 Å². The van der Waals surface area contributed by atoms with Crippen LogP contribution in [0.25, 0.3) is 0 Å². The van der Waals surface area contributed by atoms with Gasteiger partial charge in [0.1, 0.15) is 6.54 Å². The van der Waals surface area contributed by atoms with E-state index in [0.717, 1.165) is 0 Å². The van der Waals surface area contributed by atoms with Crippen LogP contribution in [0.4, 0.5) is 18.9 Å². The van der Waals surface area contributed by atoms with Gasteiger partial charge in [0, 0.05) is 5.71 Å². The molecule has 0 radical (unpaired) electrons. The number of rotatable bonds is 3. The fourth-order valence-corrected chi connectivity index (χ4v) is 2.05. The van der Waals surface area contributed by atoms with E-state index in [1.165, 1.54) is 0 Å². The van der Waals surface area contributed by atoms with E-state index in [0.29, 0.717) is 10.7 Å². The summed E-state index contributed by atoms with van der Waals surface area (Å²) >= 11 is 16.8. The highest BCUT2D eigenvalue weighted by molar-refractivity contribution is 7.80. The van der Waals surface area contributed by atoms with E-state index in [1.807, 2.05) is 0 Å². The first-order valence-electron chi connectivity index (χ1n) is 5.71. The summed E-state index contributed by atoms with van der Waals surface area (Å²) in [7, 11) is 0. The maximum absolute atomic E-state index is 12.6. The fraction of sp³-hybridized carbons (Fsp3) is 0.333. The number of nitrogens with zero attached hydrogens (tertiary/aromatic N) is 2. The lowest BCUT2D eigenvalue weighted by Gasteiger charge is -2.23. The van der Waals surface area contributed by atoms with Gasteiger partial charge in [0.05, 0.1) is 15.7 Å². The summed E-state index contributed by atoms with van der Waals surface area (Å²) in [4.78, 5) is 0. The van der Waals surface area contributed by atoms with Crippen LogP contribution in [0, 0.1) is 0 Å². The molecule has 0 saturated heterocycles. The molecule has 116 valence electrons. The third-order valence-electron chi connectivity index (χ3n) is 2.08. The molecule has 0 heterocycles. The van der Waals surface area contributed by atoms with E-state index in [2.05, 4.69) is 10.4 Å². The van der Waals surface area contributed by atoms with Crippen molar-refractivity contribution in [3.05, 3.63) is 28.2 Å². The van der Waals surface area contributed by atoms with Crippen molar-refractivity contribution in [3.8, 4) is 0 Å². The Hall–Kier alpha value is -1.05. The first-order valence-corrected chi connectivity index (χ1v) is 6.87. The van der Waals surface area contributed by atoms with Crippen molar-refractivity contribution in [2.75, 3.05) is 11.9 Å². The average Bonchev–Trinajstić information content (AvgIpc) is 2.30. The number of benzene rings is 1. The number of para-hydroxylation sites is 1. The van der Waals surface area contributed by atoms with Gasteiger partial charge in [-0.25, -0.2) is 5.01 Å². The monoisotopic (exact) mass is 357 g/mol. The van der Waals surface area contributed by atoms with Gasteiger partial charge in [-0.15, -0.1) is 0 Å². The highest BCUT2D eigenvalue weighted by Gasteiger charge is 2.32. The number of hydrogen-bond donors (Lipinski definition) is 1. The molecular weight excluding hydrogens is 346 g/mol. The zero-order valence-electron chi connectivity index (χ0n) is 11.1. The van der Waals surface area contributed by atoms with Gasteiger partial charge in [-0.1, -0.05) is 29.3 Å². The van der Waals surface area contributed by atoms with Crippen LogP contribution in [0.1, 0.15) is 13.8 Å². The number of nitrogens with one attached hydrogen (secondary N) is 1. The Morgan fingerprint density at radius 2 is 1.81 bits per heavy atom. The quantitative estimate of drug-likeness (QED) is 0.471. The smallest absolute Gasteiger partial charge is 0.329 e. The van der Waals surface area contributed by atoms with E-state index in [4.69, 9.17) is 35.4 Å². The molecule has 21 heavy (non-hydrogen) atoms. The third kappa shape index (κ3) is 6.07. The van der Waals surface area contributed by atoms with Crippen LogP contribution in [-0.2, 0) is 0 Å². The van der Waals surface area contributed by atoms with Gasteiger partial charge >= 0.3 is 6.18 Å². The highest BCUT2D eigenvalue weighted by Crippen LogP contribution is 2.30. The van der Waals surface area contributed by atoms with E-state index in [-0.39, 0.29) is 20.8 Å². The largest absolute Gasteiger partial charge is 0.408 e. The lowest BCUT2D eigenvalue weighted by atomic mass is 10.3. The molecule has 1 aromatic carbocycles. The summed E-state index contributed by atoms with van der Waals surface area (Å²) in [6.45, 7) is 1.81. The van der Waals surface area contributed by atoms with Crippen LogP contribution in [0.2, 0.25) is 10.0 Å². The first-order chi connectivity index (χ1) is 9.60. The Kier molecular flexibility index (Phi) is 6.24. The van der Waals surface area contributed by atoms with Gasteiger partial charge in [0.2, 0.25) is 0 Å². The molecule has 0 atom stereocenters. The third-order valence-corrected chi connectivity index (χ3v) is 3.02. The number of alkyl halides is 3. The highest BCUT2D eigenvalue weighted by atomic mass is 35.5. The van der Waals surface area contributed by atoms with Gasteiger partial charge < -0.3 is 5.32 Å². The number of thiocarbonyl (C=S) groups is 1. The molecule has 3 nitrogen and oxygen atoms in total. The lowest BCUT2D eigenvalue weighted by molar-refractivity contribution is -0.137. The second kappa shape index (κ2) is 7.29. The average molecular weight is 358 g/mol. The second-order valence-corrected chi connectivity index (χ2v) is 5.45. The molecule has 0 unspecified atom stereocenters. The normalized spacial score (nSPS) is 11.0. The Morgan fingerprint density at radius 3 is 2.24 bits per heavy atom. The molecule has 0 aliphatic heterocycles. The second-order valence-electron chi connectivity index (χ2n) is 4.25. The Balaban J connectivity index is 2.99. The molecule has 1 rings (SSSR count). The van der Waals surface area contributed by atoms with Gasteiger partial charge in [0.15, 0.2) is 5.11 Å². The van der Waals surface area contributed by atoms with Crippen LogP contribution in [0.3, 0.4) is 0 Å². The van der Waals surface area contributed by atoms with Crippen molar-refractivity contribution >= 4 is 51.9 Å². The maximum atomic E-state index is 12.6. The van der Waals surface area contributed by atoms with E-state index < -0.39 is 12.7 Å². The minimum atomic E-state index is -4.45. The van der Waals surface area contributed by atoms with Crippen molar-refractivity contribution in [1.82, 2.24) is 5.01 Å². The van der Waals surface area contributed by atoms with E-state index >= 15 is 0 Å². The molecule has 0 aromatic heterocycles. The lowest BCUT2D eigenvalue weighted by Crippen LogP contribution is -2.38. The molecule has 0 fully saturated rings. The molecule has 9 heteroatoms. The molecule has 0 saturated carbocycles. The number of halogens is 5. The number of anilines is 1. The van der Waals surface area contributed by atoms with Gasteiger partial charge in [0.25, 0.3) is 0 Å². The van der Waals surface area contributed by atoms with Crippen LogP contribution in [0.15, 0.2) is 23.3 Å². The van der Waals surface area contributed by atoms with Crippen molar-refractivity contribution in [3.63, 3.8) is 0 Å². The summed E-state index contributed by atoms with van der Waals surface area (Å²) in [6.07, 6.45) is -4.45. The van der Waals surface area contributed by atoms with Crippen LogP contribution < -0.4 is 5.32 Å². The Labute approximate surface area is 135 Å². The SMILES string of the molecule is CC(C)=NN(CC(F)(F)F)C(=S)Nc1c(Cl)cccc1Cl. The fourth-order valence-electron chi connectivity index (χ4n) is 1.35. The van der Waals surface area contributed by atoms with Crippen LogP contribution in [0.5, 0.6) is 0 Å². The summed E-state index contributed by atoms with van der Waals surface area (Å²) in [5, 5.41) is 7.24. The summed E-state index contributed by atoms with van der Waals surface area (Å²) in [6, 6.07) is 4.70. The Bertz CT molecular complexity index is 537. The molecule has 0 amide bonds. The van der Waals surface area contributed by atoms with Gasteiger partial charge in [-0.2, -0.15) is 18.3 Å².